The van der Waals surface area contributed by atoms with Crippen molar-refractivity contribution < 1.29 is 14.2 Å². The van der Waals surface area contributed by atoms with E-state index >= 15 is 0 Å². The second-order valence-electron chi connectivity index (χ2n) is 9.48. The van der Waals surface area contributed by atoms with E-state index in [0.717, 1.165) is 48.9 Å². The summed E-state index contributed by atoms with van der Waals surface area (Å²) in [6, 6.07) is 6.21. The number of methoxy groups -OCH3 is 1. The standard InChI is InChI=1S/C25H43NO3/c1-7-28-23-11-9-20(16-24(23)27-6)18-26-14-12-21(10-8-19(2)3)22-13-15-29-25(4,5)17-22/h9,11,16,19,21-22,26H,7-8,10,12-15,17-18H2,1-6H3/t21-,22+/m0/s1. The van der Waals surface area contributed by atoms with Crippen molar-refractivity contribution in [2.75, 3.05) is 26.9 Å². The molecule has 1 aromatic carbocycles. The molecular formula is C25H43NO3. The van der Waals surface area contributed by atoms with E-state index in [1.807, 2.05) is 13.0 Å². The molecule has 0 amide bonds. The minimum atomic E-state index is 0.0330. The van der Waals surface area contributed by atoms with Gasteiger partial charge in [-0.2, -0.15) is 0 Å². The average Bonchev–Trinajstić information content (AvgIpc) is 2.67. The van der Waals surface area contributed by atoms with Crippen LogP contribution in [0.25, 0.3) is 0 Å². The van der Waals surface area contributed by atoms with Gasteiger partial charge in [-0.25, -0.2) is 0 Å². The normalized spacial score (nSPS) is 19.9. The molecule has 29 heavy (non-hydrogen) atoms. The van der Waals surface area contributed by atoms with E-state index < -0.39 is 0 Å². The summed E-state index contributed by atoms with van der Waals surface area (Å²) < 4.78 is 17.1. The second kappa shape index (κ2) is 11.8. The van der Waals surface area contributed by atoms with Crippen LogP contribution in [0.15, 0.2) is 18.2 Å². The molecule has 1 heterocycles. The zero-order chi connectivity index (χ0) is 21.3. The lowest BCUT2D eigenvalue weighted by Gasteiger charge is -2.39. The van der Waals surface area contributed by atoms with Gasteiger partial charge < -0.3 is 19.5 Å². The summed E-state index contributed by atoms with van der Waals surface area (Å²) in [6.45, 7) is 14.6. The van der Waals surface area contributed by atoms with Crippen molar-refractivity contribution in [3.63, 3.8) is 0 Å². The maximum absolute atomic E-state index is 5.97. The third kappa shape index (κ3) is 8.18. The minimum Gasteiger partial charge on any atom is -0.493 e. The number of hydrogen-bond donors (Lipinski definition) is 1. The third-order valence-corrected chi connectivity index (χ3v) is 6.07. The SMILES string of the molecule is CCOc1ccc(CNCC[C@H](CCC(C)C)[C@@H]2CCOC(C)(C)C2)cc1OC. The van der Waals surface area contributed by atoms with Gasteiger partial charge in [0, 0.05) is 13.2 Å². The zero-order valence-electron chi connectivity index (χ0n) is 19.6. The Balaban J connectivity index is 1.87. The van der Waals surface area contributed by atoms with Crippen molar-refractivity contribution in [3.05, 3.63) is 23.8 Å². The molecule has 166 valence electrons. The van der Waals surface area contributed by atoms with Crippen LogP contribution < -0.4 is 14.8 Å². The molecule has 1 aliphatic rings. The molecule has 0 radical (unpaired) electrons. The Hall–Kier alpha value is -1.26. The van der Waals surface area contributed by atoms with Crippen molar-refractivity contribution in [2.24, 2.45) is 17.8 Å². The highest BCUT2D eigenvalue weighted by atomic mass is 16.5. The predicted molar refractivity (Wildman–Crippen MR) is 121 cm³/mol. The summed E-state index contributed by atoms with van der Waals surface area (Å²) in [5, 5.41) is 3.65. The van der Waals surface area contributed by atoms with Gasteiger partial charge in [0.2, 0.25) is 0 Å². The third-order valence-electron chi connectivity index (χ3n) is 6.07. The Bertz CT molecular complexity index is 600. The Morgan fingerprint density at radius 2 is 1.97 bits per heavy atom. The van der Waals surface area contributed by atoms with Crippen molar-refractivity contribution in [3.8, 4) is 11.5 Å². The van der Waals surface area contributed by atoms with Crippen molar-refractivity contribution in [1.82, 2.24) is 5.32 Å². The maximum Gasteiger partial charge on any atom is 0.161 e. The van der Waals surface area contributed by atoms with Crippen LogP contribution in [0.3, 0.4) is 0 Å². The average molecular weight is 406 g/mol. The van der Waals surface area contributed by atoms with Gasteiger partial charge in [-0.15, -0.1) is 0 Å². The number of nitrogens with one attached hydrogen (secondary N) is 1. The number of benzene rings is 1. The van der Waals surface area contributed by atoms with E-state index in [1.54, 1.807) is 7.11 Å². The lowest BCUT2D eigenvalue weighted by molar-refractivity contribution is -0.0839. The van der Waals surface area contributed by atoms with Crippen LogP contribution in [0.5, 0.6) is 11.5 Å². The molecule has 1 aromatic rings. The van der Waals surface area contributed by atoms with Crippen molar-refractivity contribution in [2.45, 2.75) is 78.9 Å². The molecule has 1 aliphatic heterocycles. The lowest BCUT2D eigenvalue weighted by atomic mass is 9.75. The van der Waals surface area contributed by atoms with Crippen LogP contribution in [-0.4, -0.2) is 32.5 Å². The first kappa shape index (κ1) is 24.0. The Labute approximate surface area is 178 Å². The molecule has 1 fully saturated rings. The summed E-state index contributed by atoms with van der Waals surface area (Å²) in [6.07, 6.45) is 6.28. The molecule has 4 heteroatoms. The largest absolute Gasteiger partial charge is 0.493 e. The molecule has 1 saturated heterocycles. The maximum atomic E-state index is 5.97. The molecular weight excluding hydrogens is 362 g/mol. The number of ether oxygens (including phenoxy) is 3. The summed E-state index contributed by atoms with van der Waals surface area (Å²) in [7, 11) is 1.70. The molecule has 0 saturated carbocycles. The molecule has 0 unspecified atom stereocenters. The van der Waals surface area contributed by atoms with E-state index in [4.69, 9.17) is 14.2 Å². The van der Waals surface area contributed by atoms with Gasteiger partial charge in [0.05, 0.1) is 19.3 Å². The molecule has 0 aliphatic carbocycles. The highest BCUT2D eigenvalue weighted by Gasteiger charge is 2.33. The molecule has 0 aromatic heterocycles. The summed E-state index contributed by atoms with van der Waals surface area (Å²) in [5.74, 6) is 3.96. The molecule has 0 spiro atoms. The van der Waals surface area contributed by atoms with E-state index in [1.165, 1.54) is 37.7 Å². The molecule has 0 bridgehead atoms. The van der Waals surface area contributed by atoms with E-state index in [0.29, 0.717) is 6.61 Å². The fraction of sp³-hybridized carbons (Fsp3) is 0.760. The van der Waals surface area contributed by atoms with Crippen LogP contribution in [0, 0.1) is 17.8 Å². The summed E-state index contributed by atoms with van der Waals surface area (Å²) in [5.41, 5.74) is 1.27. The highest BCUT2D eigenvalue weighted by Crippen LogP contribution is 2.37. The van der Waals surface area contributed by atoms with E-state index in [9.17, 15) is 0 Å². The van der Waals surface area contributed by atoms with Crippen molar-refractivity contribution in [1.29, 1.82) is 0 Å². The quantitative estimate of drug-likeness (QED) is 0.444. The second-order valence-corrected chi connectivity index (χ2v) is 9.48. The fourth-order valence-electron chi connectivity index (χ4n) is 4.46. The van der Waals surface area contributed by atoms with Crippen LogP contribution >= 0.6 is 0 Å². The zero-order valence-corrected chi connectivity index (χ0v) is 19.6. The first-order valence-electron chi connectivity index (χ1n) is 11.5. The van der Waals surface area contributed by atoms with Gasteiger partial charge in [-0.3, -0.25) is 0 Å². The molecule has 1 N–H and O–H groups in total. The number of rotatable bonds is 12. The molecule has 4 nitrogen and oxygen atoms in total. The Kier molecular flexibility index (Phi) is 9.78. The first-order valence-corrected chi connectivity index (χ1v) is 11.5. The van der Waals surface area contributed by atoms with Crippen LogP contribution in [0.4, 0.5) is 0 Å². The van der Waals surface area contributed by atoms with Gasteiger partial charge in [0.15, 0.2) is 11.5 Å². The van der Waals surface area contributed by atoms with E-state index in [-0.39, 0.29) is 5.60 Å². The van der Waals surface area contributed by atoms with Gasteiger partial charge in [0.1, 0.15) is 0 Å². The fourth-order valence-corrected chi connectivity index (χ4v) is 4.46. The highest BCUT2D eigenvalue weighted by molar-refractivity contribution is 5.42. The monoisotopic (exact) mass is 405 g/mol. The van der Waals surface area contributed by atoms with E-state index in [2.05, 4.69) is 45.1 Å². The topological polar surface area (TPSA) is 39.7 Å². The lowest BCUT2D eigenvalue weighted by Crippen LogP contribution is -2.37. The summed E-state index contributed by atoms with van der Waals surface area (Å²) >= 11 is 0. The smallest absolute Gasteiger partial charge is 0.161 e. The Morgan fingerprint density at radius 3 is 2.62 bits per heavy atom. The van der Waals surface area contributed by atoms with Gasteiger partial charge >= 0.3 is 0 Å². The minimum absolute atomic E-state index is 0.0330. The van der Waals surface area contributed by atoms with Gasteiger partial charge in [-0.1, -0.05) is 26.3 Å². The first-order chi connectivity index (χ1) is 13.8. The number of hydrogen-bond acceptors (Lipinski definition) is 4. The van der Waals surface area contributed by atoms with Crippen LogP contribution in [0.2, 0.25) is 0 Å². The molecule has 2 atom stereocenters. The van der Waals surface area contributed by atoms with Crippen LogP contribution in [-0.2, 0) is 11.3 Å². The molecule has 2 rings (SSSR count). The Morgan fingerprint density at radius 1 is 1.17 bits per heavy atom. The van der Waals surface area contributed by atoms with Gasteiger partial charge in [-0.05, 0) is 88.4 Å². The summed E-state index contributed by atoms with van der Waals surface area (Å²) in [4.78, 5) is 0. The van der Waals surface area contributed by atoms with Gasteiger partial charge in [0.25, 0.3) is 0 Å². The van der Waals surface area contributed by atoms with Crippen molar-refractivity contribution >= 4 is 0 Å². The predicted octanol–water partition coefficient (Wildman–Crippen LogP) is 5.83. The van der Waals surface area contributed by atoms with Crippen LogP contribution in [0.1, 0.15) is 72.3 Å².